The van der Waals surface area contributed by atoms with E-state index in [-0.39, 0.29) is 11.9 Å². The Hall–Kier alpha value is -2.64. The van der Waals surface area contributed by atoms with Gasteiger partial charge in [-0.05, 0) is 13.8 Å². The zero-order valence-corrected chi connectivity index (χ0v) is 11.5. The molecule has 0 unspecified atom stereocenters. The Bertz CT molecular complexity index is 766. The van der Waals surface area contributed by atoms with Crippen LogP contribution in [0.4, 0.5) is 0 Å². The van der Waals surface area contributed by atoms with Crippen molar-refractivity contribution < 1.29 is 4.79 Å². The number of nitrogens with zero attached hydrogens (tertiary/aromatic N) is 5. The summed E-state index contributed by atoms with van der Waals surface area (Å²) >= 11 is 0. The number of amides is 1. The molecule has 0 fully saturated rings. The predicted molar refractivity (Wildman–Crippen MR) is 71.2 cm³/mol. The molecular weight excluding hydrogens is 258 g/mol. The molecule has 0 aliphatic rings. The van der Waals surface area contributed by atoms with Crippen molar-refractivity contribution in [2.45, 2.75) is 19.9 Å². The number of hydrogen-bond donors (Lipinski definition) is 2. The van der Waals surface area contributed by atoms with Gasteiger partial charge in [-0.25, -0.2) is 9.50 Å². The van der Waals surface area contributed by atoms with Crippen LogP contribution in [0.5, 0.6) is 0 Å². The van der Waals surface area contributed by atoms with Crippen LogP contribution in [-0.4, -0.2) is 35.3 Å². The molecule has 104 valence electrons. The largest absolute Gasteiger partial charge is 0.342 e. The van der Waals surface area contributed by atoms with Crippen molar-refractivity contribution >= 4 is 11.6 Å². The summed E-state index contributed by atoms with van der Waals surface area (Å²) in [5.41, 5.74) is 1.28. The standard InChI is InChI=1S/C12H15N7O/c1-7(10-15-8(2)16-17-10)14-11(20)9-6-13-19-5-4-18(3)12(9)19/h4-7H,1-3H3,(H,14,20)(H,15,16,17)/t7-/m1/s1. The Morgan fingerprint density at radius 2 is 2.25 bits per heavy atom. The molecule has 0 saturated heterocycles. The quantitative estimate of drug-likeness (QED) is 0.730. The molecular formula is C12H15N7O. The maximum absolute atomic E-state index is 12.3. The van der Waals surface area contributed by atoms with Crippen molar-refractivity contribution in [3.63, 3.8) is 0 Å². The van der Waals surface area contributed by atoms with Crippen LogP contribution in [0, 0.1) is 6.92 Å². The minimum atomic E-state index is -0.275. The van der Waals surface area contributed by atoms with Crippen molar-refractivity contribution in [2.24, 2.45) is 7.05 Å². The Labute approximate surface area is 114 Å². The maximum Gasteiger partial charge on any atom is 0.257 e. The number of fused-ring (bicyclic) bond motifs is 1. The van der Waals surface area contributed by atoms with Crippen LogP contribution in [0.25, 0.3) is 5.65 Å². The van der Waals surface area contributed by atoms with Crippen molar-refractivity contribution in [1.82, 2.24) is 34.7 Å². The molecule has 3 heterocycles. The van der Waals surface area contributed by atoms with Crippen molar-refractivity contribution in [3.8, 4) is 0 Å². The highest BCUT2D eigenvalue weighted by atomic mass is 16.1. The van der Waals surface area contributed by atoms with Gasteiger partial charge in [-0.1, -0.05) is 0 Å². The number of aryl methyl sites for hydroxylation is 2. The first kappa shape index (κ1) is 12.4. The Kier molecular flexibility index (Phi) is 2.78. The number of carbonyl (C=O) groups is 1. The van der Waals surface area contributed by atoms with Gasteiger partial charge in [0.15, 0.2) is 5.82 Å². The highest BCUT2D eigenvalue weighted by molar-refractivity contribution is 5.99. The molecule has 2 N–H and O–H groups in total. The Morgan fingerprint density at radius 1 is 1.45 bits per heavy atom. The molecule has 8 heteroatoms. The first-order valence-electron chi connectivity index (χ1n) is 6.24. The van der Waals surface area contributed by atoms with Crippen LogP contribution in [0.3, 0.4) is 0 Å². The van der Waals surface area contributed by atoms with Gasteiger partial charge in [-0.3, -0.25) is 9.89 Å². The molecule has 0 aromatic carbocycles. The van der Waals surface area contributed by atoms with Gasteiger partial charge in [0.2, 0.25) is 0 Å². The molecule has 0 aliphatic heterocycles. The lowest BCUT2D eigenvalue weighted by molar-refractivity contribution is 0.0939. The zero-order chi connectivity index (χ0) is 14.3. The van der Waals surface area contributed by atoms with Gasteiger partial charge in [0.25, 0.3) is 5.91 Å². The molecule has 3 aromatic rings. The van der Waals surface area contributed by atoms with Crippen molar-refractivity contribution in [2.75, 3.05) is 0 Å². The van der Waals surface area contributed by atoms with Gasteiger partial charge in [-0.2, -0.15) is 10.2 Å². The molecule has 20 heavy (non-hydrogen) atoms. The van der Waals surface area contributed by atoms with Gasteiger partial charge >= 0.3 is 0 Å². The highest BCUT2D eigenvalue weighted by Crippen LogP contribution is 2.13. The molecule has 0 aliphatic carbocycles. The minimum absolute atomic E-state index is 0.197. The van der Waals surface area contributed by atoms with Crippen LogP contribution in [0.15, 0.2) is 18.6 Å². The zero-order valence-electron chi connectivity index (χ0n) is 11.5. The van der Waals surface area contributed by atoms with Gasteiger partial charge in [0.05, 0.1) is 12.2 Å². The normalized spacial score (nSPS) is 12.8. The van der Waals surface area contributed by atoms with E-state index in [1.54, 1.807) is 16.9 Å². The fraction of sp³-hybridized carbons (Fsp3) is 0.333. The minimum Gasteiger partial charge on any atom is -0.342 e. The molecule has 0 spiro atoms. The van der Waals surface area contributed by atoms with Crippen LogP contribution >= 0.6 is 0 Å². The lowest BCUT2D eigenvalue weighted by Crippen LogP contribution is -2.27. The number of imidazole rings is 1. The average molecular weight is 273 g/mol. The van der Waals surface area contributed by atoms with Crippen molar-refractivity contribution in [1.29, 1.82) is 0 Å². The molecule has 0 bridgehead atoms. The summed E-state index contributed by atoms with van der Waals surface area (Å²) in [5, 5.41) is 13.8. The van der Waals surface area contributed by atoms with Crippen LogP contribution in [-0.2, 0) is 7.05 Å². The molecule has 0 radical (unpaired) electrons. The van der Waals surface area contributed by atoms with Gasteiger partial charge < -0.3 is 9.88 Å². The van der Waals surface area contributed by atoms with E-state index in [1.165, 1.54) is 0 Å². The number of carbonyl (C=O) groups excluding carboxylic acids is 1. The summed E-state index contributed by atoms with van der Waals surface area (Å²) < 4.78 is 3.51. The van der Waals surface area contributed by atoms with E-state index in [9.17, 15) is 4.79 Å². The molecule has 1 atom stereocenters. The van der Waals surface area contributed by atoms with Gasteiger partial charge in [0.1, 0.15) is 17.0 Å². The number of aromatic nitrogens is 6. The summed E-state index contributed by atoms with van der Waals surface area (Å²) in [7, 11) is 1.87. The summed E-state index contributed by atoms with van der Waals surface area (Å²) in [6.45, 7) is 3.66. The third kappa shape index (κ3) is 1.94. The molecule has 1 amide bonds. The smallest absolute Gasteiger partial charge is 0.257 e. The van der Waals surface area contributed by atoms with E-state index in [0.29, 0.717) is 11.4 Å². The number of hydrogen-bond acceptors (Lipinski definition) is 4. The van der Waals surface area contributed by atoms with E-state index in [1.807, 2.05) is 31.7 Å². The second kappa shape index (κ2) is 4.48. The summed E-state index contributed by atoms with van der Waals surface area (Å²) in [6.07, 6.45) is 5.20. The molecule has 8 nitrogen and oxygen atoms in total. The van der Waals surface area contributed by atoms with Crippen LogP contribution < -0.4 is 5.32 Å². The van der Waals surface area contributed by atoms with E-state index >= 15 is 0 Å². The lowest BCUT2D eigenvalue weighted by Gasteiger charge is -2.09. The van der Waals surface area contributed by atoms with E-state index < -0.39 is 0 Å². The third-order valence-electron chi connectivity index (χ3n) is 3.13. The first-order valence-corrected chi connectivity index (χ1v) is 6.24. The number of H-pyrrole nitrogens is 1. The van der Waals surface area contributed by atoms with Crippen molar-refractivity contribution in [3.05, 3.63) is 35.8 Å². The lowest BCUT2D eigenvalue weighted by atomic mass is 10.2. The van der Waals surface area contributed by atoms with Gasteiger partial charge in [-0.15, -0.1) is 0 Å². The Balaban J connectivity index is 1.84. The fourth-order valence-electron chi connectivity index (χ4n) is 2.10. The number of rotatable bonds is 3. The fourth-order valence-corrected chi connectivity index (χ4v) is 2.10. The predicted octanol–water partition coefficient (Wildman–Crippen LogP) is 0.590. The highest BCUT2D eigenvalue weighted by Gasteiger charge is 2.19. The van der Waals surface area contributed by atoms with E-state index in [2.05, 4.69) is 25.6 Å². The van der Waals surface area contributed by atoms with E-state index in [0.717, 1.165) is 11.5 Å². The maximum atomic E-state index is 12.3. The van der Waals surface area contributed by atoms with E-state index in [4.69, 9.17) is 0 Å². The second-order valence-corrected chi connectivity index (χ2v) is 4.71. The molecule has 0 saturated carbocycles. The topological polar surface area (TPSA) is 92.9 Å². The summed E-state index contributed by atoms with van der Waals surface area (Å²) in [5.74, 6) is 1.08. The second-order valence-electron chi connectivity index (χ2n) is 4.71. The monoisotopic (exact) mass is 273 g/mol. The molecule has 3 aromatic heterocycles. The van der Waals surface area contributed by atoms with Crippen LogP contribution in [0.1, 0.15) is 35.0 Å². The number of nitrogens with one attached hydrogen (secondary N) is 2. The third-order valence-corrected chi connectivity index (χ3v) is 3.13. The first-order chi connectivity index (χ1) is 9.56. The van der Waals surface area contributed by atoms with Gasteiger partial charge in [0, 0.05) is 19.4 Å². The molecule has 3 rings (SSSR count). The summed E-state index contributed by atoms with van der Waals surface area (Å²) in [6, 6.07) is -0.275. The van der Waals surface area contributed by atoms with Crippen LogP contribution in [0.2, 0.25) is 0 Å². The average Bonchev–Trinajstić information content (AvgIpc) is 3.07. The Morgan fingerprint density at radius 3 is 2.95 bits per heavy atom. The summed E-state index contributed by atoms with van der Waals surface area (Å²) in [4.78, 5) is 16.5. The number of aromatic amines is 1. The SMILES string of the molecule is Cc1nc([C@@H](C)NC(=O)c2cnn3ccn(C)c23)n[nH]1.